The molecule has 508 valence electrons. The summed E-state index contributed by atoms with van der Waals surface area (Å²) in [4.78, 5) is 78.2. The molecule has 1 unspecified atom stereocenters. The number of piperazine rings is 3. The molecule has 29 heteroatoms. The highest BCUT2D eigenvalue weighted by Crippen LogP contribution is 2.45. The lowest BCUT2D eigenvalue weighted by Crippen LogP contribution is -2.62. The number of aryl methyl sites for hydroxylation is 4. The molecule has 0 bridgehead atoms. The van der Waals surface area contributed by atoms with E-state index in [-0.39, 0.29) is 63.8 Å². The van der Waals surface area contributed by atoms with Gasteiger partial charge in [0.2, 0.25) is 38.7 Å². The zero-order valence-electron chi connectivity index (χ0n) is 55.5. The maximum Gasteiger partial charge on any atom is 0.277 e. The van der Waals surface area contributed by atoms with Gasteiger partial charge in [0.15, 0.2) is 28.4 Å². The number of sulfonamides is 2. The molecule has 14 rings (SSSR count). The van der Waals surface area contributed by atoms with Gasteiger partial charge in [-0.05, 0) is 113 Å². The van der Waals surface area contributed by atoms with Crippen LogP contribution in [0.1, 0.15) is 87.5 Å². The number of hydrogen-bond acceptors (Lipinski definition) is 18. The van der Waals surface area contributed by atoms with Crippen molar-refractivity contribution >= 4 is 59.3 Å². The van der Waals surface area contributed by atoms with Crippen molar-refractivity contribution in [3.63, 3.8) is 0 Å². The first kappa shape index (κ1) is 67.0. The Morgan fingerprint density at radius 3 is 1.91 bits per heavy atom. The van der Waals surface area contributed by atoms with Crippen LogP contribution >= 0.6 is 0 Å². The fraction of sp³-hybridized carbons (Fsp3) is 0.433. The Bertz CT molecular complexity index is 4800. The van der Waals surface area contributed by atoms with Crippen molar-refractivity contribution < 1.29 is 45.4 Å². The summed E-state index contributed by atoms with van der Waals surface area (Å²) in [6.45, 7) is 18.1. The Kier molecular flexibility index (Phi) is 19.3. The Morgan fingerprint density at radius 2 is 1.26 bits per heavy atom. The van der Waals surface area contributed by atoms with Crippen molar-refractivity contribution in [2.75, 3.05) is 99.5 Å². The highest BCUT2D eigenvalue weighted by molar-refractivity contribution is 7.89. The number of hydrogen-bond donors (Lipinski definition) is 3. The van der Waals surface area contributed by atoms with Crippen molar-refractivity contribution in [1.82, 2.24) is 72.5 Å². The molecule has 27 nitrogen and oxygen atoms in total. The van der Waals surface area contributed by atoms with Gasteiger partial charge in [0, 0.05) is 95.9 Å². The van der Waals surface area contributed by atoms with Gasteiger partial charge < -0.3 is 53.5 Å². The number of aromatic amines is 3. The standard InChI is InChI=1S/C23H32N6O4S.C22H30N6O4S.C22H19N3O4/c1-5-8-20-24-16(4)21-23(30)25-22(26-29(20)21)18-15-17(9-10-19(18)33-7-3)34(31,32)28-13-11-27(6-2)12-14-28;1-5-7-17-19-20(27(4)25-17)22(29)24-21(23-19)16-14-15(8-9-18(16)32-6-2)33(30,31)28-12-10-26(3)11-13-28;1-24-10-19(26)25-16(22(24)27)9-14-13-4-2-3-5-15(13)23-20(14)21(25)12-6-7-17-18(8-12)29-11-28-17/h9-10,15H,5-8,11-14H2,1-4H3,(H,25,26,30);8-9,14H,5-7,10-13H2,1-4H3,(H,23,24,29);2-8,16,21,23H,9-11H2,1H3/t;;16-,21?/m..1/s1. The minimum Gasteiger partial charge on any atom is -0.493 e. The van der Waals surface area contributed by atoms with E-state index in [1.54, 1.807) is 66.8 Å². The monoisotopic (exact) mass is 1350 g/mol. The lowest BCUT2D eigenvalue weighted by atomic mass is 9.86. The Balaban J connectivity index is 0.000000138. The van der Waals surface area contributed by atoms with E-state index >= 15 is 0 Å². The molecule has 0 aliphatic carbocycles. The van der Waals surface area contributed by atoms with Crippen molar-refractivity contribution in [3.05, 3.63) is 134 Å². The predicted octanol–water partition coefficient (Wildman–Crippen LogP) is 5.89. The van der Waals surface area contributed by atoms with Gasteiger partial charge in [0.05, 0.1) is 58.1 Å². The van der Waals surface area contributed by atoms with Crippen molar-refractivity contribution in [2.24, 2.45) is 7.05 Å². The van der Waals surface area contributed by atoms with Gasteiger partial charge in [-0.1, -0.05) is 51.5 Å². The molecule has 5 aromatic heterocycles. The Hall–Kier alpha value is -9.00. The molecule has 3 saturated heterocycles. The smallest absolute Gasteiger partial charge is 0.277 e. The van der Waals surface area contributed by atoms with Crippen LogP contribution < -0.4 is 30.1 Å². The van der Waals surface area contributed by atoms with Gasteiger partial charge in [-0.3, -0.25) is 23.9 Å². The van der Waals surface area contributed by atoms with Gasteiger partial charge in [-0.25, -0.2) is 31.3 Å². The van der Waals surface area contributed by atoms with Gasteiger partial charge in [-0.2, -0.15) is 13.7 Å². The van der Waals surface area contributed by atoms with E-state index < -0.39 is 26.1 Å². The number of nitrogens with one attached hydrogen (secondary N) is 3. The second-order valence-electron chi connectivity index (χ2n) is 24.4. The minimum absolute atomic E-state index is 0.0220. The molecule has 96 heavy (non-hydrogen) atoms. The number of carbonyl (C=O) groups is 2. The van der Waals surface area contributed by atoms with E-state index in [1.165, 1.54) is 18.2 Å². The van der Waals surface area contributed by atoms with E-state index in [2.05, 4.69) is 52.9 Å². The van der Waals surface area contributed by atoms with Crippen LogP contribution in [0.5, 0.6) is 23.0 Å². The zero-order valence-corrected chi connectivity index (χ0v) is 57.1. The third-order valence-electron chi connectivity index (χ3n) is 18.2. The SMILES string of the molecule is CCCc1nc(C)c2c(=O)[nH]c(-c3cc(S(=O)(=O)N4CCN(CC)CC4)ccc3OCC)nn12.CCCc1nn(C)c2c(=O)[nH]c(-c3cc(S(=O)(=O)N4CCN(C)CC4)ccc3OCC)nc12.CN1CC(=O)N2C(c3ccc4c(c3)OCO4)c3[nH]c4ccccc4c3C[C@@H]2C1=O. The van der Waals surface area contributed by atoms with Crippen molar-refractivity contribution in [3.8, 4) is 45.8 Å². The number of para-hydroxylation sites is 1. The number of carbonyl (C=O) groups excluding carboxylic acids is 2. The van der Waals surface area contributed by atoms with Gasteiger partial charge in [-0.15, -0.1) is 5.10 Å². The van der Waals surface area contributed by atoms with Crippen molar-refractivity contribution in [1.29, 1.82) is 0 Å². The predicted molar refractivity (Wildman–Crippen MR) is 360 cm³/mol. The van der Waals surface area contributed by atoms with Crippen LogP contribution in [-0.4, -0.2) is 207 Å². The number of likely N-dealkylation sites (N-methyl/N-ethyl adjacent to an activating group) is 3. The Morgan fingerprint density at radius 1 is 0.646 bits per heavy atom. The zero-order chi connectivity index (χ0) is 67.9. The average molecular weight is 1350 g/mol. The van der Waals surface area contributed by atoms with E-state index in [1.807, 2.05) is 71.1 Å². The number of amides is 2. The molecule has 0 radical (unpaired) electrons. The largest absolute Gasteiger partial charge is 0.493 e. The van der Waals surface area contributed by atoms with Gasteiger partial charge in [0.25, 0.3) is 11.1 Å². The second kappa shape index (κ2) is 27.6. The van der Waals surface area contributed by atoms with E-state index in [4.69, 9.17) is 23.9 Å². The van der Waals surface area contributed by atoms with Crippen molar-refractivity contribution in [2.45, 2.75) is 95.5 Å². The van der Waals surface area contributed by atoms with E-state index in [0.29, 0.717) is 147 Å². The third kappa shape index (κ3) is 12.7. The molecule has 5 aliphatic heterocycles. The van der Waals surface area contributed by atoms with Crippen LogP contribution in [0, 0.1) is 6.92 Å². The van der Waals surface area contributed by atoms with Gasteiger partial charge in [0.1, 0.15) is 34.7 Å². The molecular weight excluding hydrogens is 1270 g/mol. The van der Waals surface area contributed by atoms with Crippen LogP contribution in [0.2, 0.25) is 0 Å². The normalized spacial score (nSPS) is 17.9. The number of nitrogens with zero attached hydrogens (tertiary/aromatic N) is 12. The second-order valence-corrected chi connectivity index (χ2v) is 28.3. The molecule has 2 atom stereocenters. The van der Waals surface area contributed by atoms with Crippen LogP contribution in [-0.2, 0) is 55.9 Å². The average Bonchev–Trinajstić information content (AvgIpc) is 1.48. The first-order valence-electron chi connectivity index (χ1n) is 32.6. The van der Waals surface area contributed by atoms with E-state index in [0.717, 1.165) is 52.8 Å². The molecule has 2 amide bonds. The lowest BCUT2D eigenvalue weighted by Gasteiger charge is -2.46. The summed E-state index contributed by atoms with van der Waals surface area (Å²) in [5, 5.41) is 10.2. The highest BCUT2D eigenvalue weighted by atomic mass is 32.2. The number of aromatic nitrogens is 9. The summed E-state index contributed by atoms with van der Waals surface area (Å²) in [6.07, 6.45) is 3.57. The summed E-state index contributed by atoms with van der Waals surface area (Å²) in [5.74, 6) is 3.38. The first-order valence-corrected chi connectivity index (χ1v) is 35.5. The number of rotatable bonds is 16. The molecule has 0 spiro atoms. The fourth-order valence-electron chi connectivity index (χ4n) is 13.2. The van der Waals surface area contributed by atoms with E-state index in [9.17, 15) is 36.0 Å². The van der Waals surface area contributed by atoms with Crippen LogP contribution in [0.3, 0.4) is 0 Å². The van der Waals surface area contributed by atoms with Gasteiger partial charge >= 0.3 is 0 Å². The third-order valence-corrected chi connectivity index (χ3v) is 21.9. The number of fused-ring (bicyclic) bond motifs is 7. The molecule has 3 fully saturated rings. The minimum atomic E-state index is -3.71. The maximum atomic E-state index is 13.4. The van der Waals surface area contributed by atoms with Crippen LogP contribution in [0.15, 0.2) is 98.2 Å². The Labute approximate surface area is 556 Å². The highest BCUT2D eigenvalue weighted by Gasteiger charge is 2.48. The number of ether oxygens (including phenoxy) is 4. The quantitative estimate of drug-likeness (QED) is 0.102. The topological polar surface area (TPSA) is 301 Å². The molecular formula is C67H81N15O12S2. The summed E-state index contributed by atoms with van der Waals surface area (Å²) in [5.41, 5.74) is 6.81. The first-order chi connectivity index (χ1) is 46.2. The molecule has 9 aromatic rings. The van der Waals surface area contributed by atoms with Crippen LogP contribution in [0.4, 0.5) is 0 Å². The molecule has 3 N–H and O–H groups in total. The molecule has 5 aliphatic rings. The lowest BCUT2D eigenvalue weighted by molar-refractivity contribution is -0.157. The van der Waals surface area contributed by atoms with Crippen LogP contribution in [0.25, 0.3) is 50.2 Å². The molecule has 0 saturated carbocycles. The summed E-state index contributed by atoms with van der Waals surface area (Å²) in [7, 11) is -2.02. The number of H-pyrrole nitrogens is 3. The molecule has 4 aromatic carbocycles. The number of benzene rings is 4. The fourth-order valence-corrected chi connectivity index (χ4v) is 16.1. The summed E-state index contributed by atoms with van der Waals surface area (Å²) < 4.78 is 82.1. The number of imidazole rings is 1. The summed E-state index contributed by atoms with van der Waals surface area (Å²) >= 11 is 0. The maximum absolute atomic E-state index is 13.4. The summed E-state index contributed by atoms with van der Waals surface area (Å²) in [6, 6.07) is 22.4. The molecule has 10 heterocycles.